The van der Waals surface area contributed by atoms with Gasteiger partial charge in [-0.15, -0.1) is 0 Å². The Morgan fingerprint density at radius 3 is 2.56 bits per heavy atom. The zero-order valence-electron chi connectivity index (χ0n) is 14.6. The number of hydrogen-bond acceptors (Lipinski definition) is 4. The van der Waals surface area contributed by atoms with Crippen LogP contribution in [-0.2, 0) is 15.8 Å². The van der Waals surface area contributed by atoms with Crippen LogP contribution >= 0.6 is 0 Å². The lowest BCUT2D eigenvalue weighted by Crippen LogP contribution is -2.42. The number of aliphatic hydroxyl groups excluding tert-OH is 1. The zero-order valence-corrected chi connectivity index (χ0v) is 14.6. The molecule has 1 fully saturated rings. The molecule has 3 amide bonds. The maximum Gasteiger partial charge on any atom is 0.416 e. The van der Waals surface area contributed by atoms with Crippen LogP contribution in [0.15, 0.2) is 18.2 Å². The SMILES string of the molecule is CC(=O)NCC(=O)Nc1cc(C(=O)N2CCCC(O)C2)cc(C(F)(F)F)c1. The first-order chi connectivity index (χ1) is 12.6. The van der Waals surface area contributed by atoms with E-state index in [1.54, 1.807) is 0 Å². The van der Waals surface area contributed by atoms with Gasteiger partial charge in [-0.25, -0.2) is 0 Å². The Morgan fingerprint density at radius 1 is 1.26 bits per heavy atom. The fourth-order valence-corrected chi connectivity index (χ4v) is 2.72. The predicted octanol–water partition coefficient (Wildman–Crippen LogP) is 1.38. The van der Waals surface area contributed by atoms with Gasteiger partial charge >= 0.3 is 6.18 Å². The molecule has 1 heterocycles. The third kappa shape index (κ3) is 5.95. The highest BCUT2D eigenvalue weighted by Gasteiger charge is 2.33. The van der Waals surface area contributed by atoms with Gasteiger partial charge in [0, 0.05) is 31.3 Å². The molecule has 27 heavy (non-hydrogen) atoms. The van der Waals surface area contributed by atoms with Crippen molar-refractivity contribution >= 4 is 23.4 Å². The summed E-state index contributed by atoms with van der Waals surface area (Å²) < 4.78 is 39.5. The molecule has 0 saturated carbocycles. The van der Waals surface area contributed by atoms with Crippen LogP contribution < -0.4 is 10.6 Å². The lowest BCUT2D eigenvalue weighted by Gasteiger charge is -2.30. The second-order valence-corrected chi connectivity index (χ2v) is 6.30. The van der Waals surface area contributed by atoms with Gasteiger partial charge in [-0.1, -0.05) is 0 Å². The minimum atomic E-state index is -4.71. The Balaban J connectivity index is 2.26. The van der Waals surface area contributed by atoms with Gasteiger partial charge in [-0.3, -0.25) is 14.4 Å². The van der Waals surface area contributed by atoms with Gasteiger partial charge in [0.1, 0.15) is 0 Å². The van der Waals surface area contributed by atoms with Crippen molar-refractivity contribution in [3.63, 3.8) is 0 Å². The lowest BCUT2D eigenvalue weighted by atomic mass is 10.0. The number of piperidine rings is 1. The van der Waals surface area contributed by atoms with E-state index in [4.69, 9.17) is 0 Å². The quantitative estimate of drug-likeness (QED) is 0.727. The van der Waals surface area contributed by atoms with Gasteiger partial charge in [0.2, 0.25) is 11.8 Å². The molecule has 0 bridgehead atoms. The summed E-state index contributed by atoms with van der Waals surface area (Å²) >= 11 is 0. The van der Waals surface area contributed by atoms with Crippen molar-refractivity contribution in [2.24, 2.45) is 0 Å². The summed E-state index contributed by atoms with van der Waals surface area (Å²) in [6, 6.07) is 2.57. The van der Waals surface area contributed by atoms with Crippen molar-refractivity contribution in [2.75, 3.05) is 25.0 Å². The molecular formula is C17H20F3N3O4. The number of hydrogen-bond donors (Lipinski definition) is 3. The van der Waals surface area contributed by atoms with E-state index >= 15 is 0 Å². The fraction of sp³-hybridized carbons (Fsp3) is 0.471. The second-order valence-electron chi connectivity index (χ2n) is 6.30. The van der Waals surface area contributed by atoms with E-state index in [1.807, 2.05) is 0 Å². The summed E-state index contributed by atoms with van der Waals surface area (Å²) in [5.41, 5.74) is -1.53. The first-order valence-electron chi connectivity index (χ1n) is 8.30. The van der Waals surface area contributed by atoms with Crippen molar-refractivity contribution in [1.29, 1.82) is 0 Å². The molecule has 1 aromatic carbocycles. The summed E-state index contributed by atoms with van der Waals surface area (Å²) in [4.78, 5) is 36.4. The van der Waals surface area contributed by atoms with Crippen LogP contribution in [0.2, 0.25) is 0 Å². The van der Waals surface area contributed by atoms with Crippen molar-refractivity contribution < 1.29 is 32.7 Å². The topological polar surface area (TPSA) is 98.7 Å². The lowest BCUT2D eigenvalue weighted by molar-refractivity contribution is -0.137. The number of likely N-dealkylation sites (tertiary alicyclic amines) is 1. The van der Waals surface area contributed by atoms with E-state index < -0.39 is 42.1 Å². The second kappa shape index (κ2) is 8.38. The van der Waals surface area contributed by atoms with E-state index in [2.05, 4.69) is 10.6 Å². The number of rotatable bonds is 4. The van der Waals surface area contributed by atoms with E-state index in [0.29, 0.717) is 31.5 Å². The number of carbonyl (C=O) groups excluding carboxylic acids is 3. The molecule has 3 N–H and O–H groups in total. The predicted molar refractivity (Wildman–Crippen MR) is 89.9 cm³/mol. The fourth-order valence-electron chi connectivity index (χ4n) is 2.72. The van der Waals surface area contributed by atoms with Crippen molar-refractivity contribution in [1.82, 2.24) is 10.2 Å². The molecule has 2 rings (SSSR count). The number of carbonyl (C=O) groups is 3. The number of amides is 3. The molecule has 1 aliphatic heterocycles. The standard InChI is InChI=1S/C17H20F3N3O4/c1-10(24)21-8-15(26)22-13-6-11(5-12(7-13)17(18,19)20)16(27)23-4-2-3-14(25)9-23/h5-7,14,25H,2-4,8-9H2,1H3,(H,21,24)(H,22,26). The van der Waals surface area contributed by atoms with Crippen molar-refractivity contribution in [2.45, 2.75) is 32.0 Å². The average molecular weight is 387 g/mol. The van der Waals surface area contributed by atoms with Gasteiger partial charge in [-0.2, -0.15) is 13.2 Å². The number of nitrogens with one attached hydrogen (secondary N) is 2. The summed E-state index contributed by atoms with van der Waals surface area (Å²) in [7, 11) is 0. The molecule has 148 valence electrons. The highest BCUT2D eigenvalue weighted by atomic mass is 19.4. The van der Waals surface area contributed by atoms with Crippen molar-refractivity contribution in [3.05, 3.63) is 29.3 Å². The van der Waals surface area contributed by atoms with Crippen LogP contribution in [0.5, 0.6) is 0 Å². The number of anilines is 1. The number of β-amino-alcohol motifs (C(OH)–C–C–N with tert-alkyl or cyclic N) is 1. The summed E-state index contributed by atoms with van der Waals surface area (Å²) in [6.07, 6.45) is -4.36. The molecule has 1 saturated heterocycles. The third-order valence-corrected chi connectivity index (χ3v) is 3.97. The smallest absolute Gasteiger partial charge is 0.391 e. The Kier molecular flexibility index (Phi) is 6.42. The van der Waals surface area contributed by atoms with Crippen LogP contribution in [0.4, 0.5) is 18.9 Å². The molecular weight excluding hydrogens is 367 g/mol. The molecule has 10 heteroatoms. The minimum Gasteiger partial charge on any atom is -0.391 e. The number of aliphatic hydroxyl groups is 1. The Hall–Kier alpha value is -2.62. The average Bonchev–Trinajstić information content (AvgIpc) is 2.58. The van der Waals surface area contributed by atoms with E-state index in [-0.39, 0.29) is 17.8 Å². The normalized spacial score (nSPS) is 17.4. The zero-order chi connectivity index (χ0) is 20.2. The molecule has 7 nitrogen and oxygen atoms in total. The highest BCUT2D eigenvalue weighted by Crippen LogP contribution is 2.32. The summed E-state index contributed by atoms with van der Waals surface area (Å²) in [5, 5.41) is 14.1. The largest absolute Gasteiger partial charge is 0.416 e. The first kappa shape index (κ1) is 20.7. The molecule has 1 aromatic rings. The van der Waals surface area contributed by atoms with Crippen LogP contribution in [0.1, 0.15) is 35.7 Å². The summed E-state index contributed by atoms with van der Waals surface area (Å²) in [5.74, 6) is -1.85. The highest BCUT2D eigenvalue weighted by molar-refractivity contribution is 5.98. The van der Waals surface area contributed by atoms with Gasteiger partial charge in [0.25, 0.3) is 5.91 Å². The number of benzene rings is 1. The maximum absolute atomic E-state index is 13.2. The van der Waals surface area contributed by atoms with Crippen LogP contribution in [0, 0.1) is 0 Å². The maximum atomic E-state index is 13.2. The monoisotopic (exact) mass is 387 g/mol. The Morgan fingerprint density at radius 2 is 1.96 bits per heavy atom. The number of halogens is 3. The van der Waals surface area contributed by atoms with Gasteiger partial charge in [0.05, 0.1) is 18.2 Å². The molecule has 0 aromatic heterocycles. The Labute approximate surface area is 153 Å². The van der Waals surface area contributed by atoms with Crippen LogP contribution in [0.3, 0.4) is 0 Å². The molecule has 0 aliphatic carbocycles. The molecule has 1 aliphatic rings. The van der Waals surface area contributed by atoms with Crippen molar-refractivity contribution in [3.8, 4) is 0 Å². The molecule has 0 spiro atoms. The molecule has 1 unspecified atom stereocenters. The minimum absolute atomic E-state index is 0.0410. The molecule has 0 radical (unpaired) electrons. The van der Waals surface area contributed by atoms with Crippen LogP contribution in [0.25, 0.3) is 0 Å². The summed E-state index contributed by atoms with van der Waals surface area (Å²) in [6.45, 7) is 1.16. The first-order valence-corrected chi connectivity index (χ1v) is 8.30. The van der Waals surface area contributed by atoms with E-state index in [9.17, 15) is 32.7 Å². The Bertz CT molecular complexity index is 737. The van der Waals surface area contributed by atoms with Gasteiger partial charge in [-0.05, 0) is 31.0 Å². The third-order valence-electron chi connectivity index (χ3n) is 3.97. The molecule has 1 atom stereocenters. The van der Waals surface area contributed by atoms with Gasteiger partial charge < -0.3 is 20.6 Å². The van der Waals surface area contributed by atoms with Gasteiger partial charge in [0.15, 0.2) is 0 Å². The number of alkyl halides is 3. The van der Waals surface area contributed by atoms with E-state index in [1.165, 1.54) is 11.8 Å². The van der Waals surface area contributed by atoms with Crippen LogP contribution in [-0.4, -0.2) is 53.5 Å². The van der Waals surface area contributed by atoms with E-state index in [0.717, 1.165) is 6.07 Å². The number of nitrogens with zero attached hydrogens (tertiary/aromatic N) is 1.